The van der Waals surface area contributed by atoms with E-state index in [0.717, 1.165) is 45.9 Å². The van der Waals surface area contributed by atoms with Crippen molar-refractivity contribution in [1.82, 2.24) is 14.9 Å². The van der Waals surface area contributed by atoms with Crippen LogP contribution in [0.25, 0.3) is 10.9 Å². The number of aromatic nitrogens is 2. The molecule has 1 unspecified atom stereocenters. The number of thiazole rings is 1. The minimum absolute atomic E-state index is 0.00380. The van der Waals surface area contributed by atoms with E-state index in [0.29, 0.717) is 24.2 Å². The van der Waals surface area contributed by atoms with Crippen LogP contribution in [0.1, 0.15) is 50.4 Å². The van der Waals surface area contributed by atoms with Gasteiger partial charge in [0.2, 0.25) is 5.91 Å². The van der Waals surface area contributed by atoms with E-state index in [1.54, 1.807) is 11.3 Å². The van der Waals surface area contributed by atoms with Crippen LogP contribution >= 0.6 is 11.3 Å². The van der Waals surface area contributed by atoms with Crippen molar-refractivity contribution < 1.29 is 9.59 Å². The summed E-state index contributed by atoms with van der Waals surface area (Å²) >= 11 is 1.58. The van der Waals surface area contributed by atoms with Crippen LogP contribution in [-0.2, 0) is 11.2 Å². The average molecular weight is 409 g/mol. The van der Waals surface area contributed by atoms with Gasteiger partial charge in [0, 0.05) is 29.3 Å². The number of pyridine rings is 1. The van der Waals surface area contributed by atoms with Gasteiger partial charge in [-0.2, -0.15) is 0 Å². The number of primary amides is 1. The number of benzene rings is 1. The third-order valence-corrected chi connectivity index (χ3v) is 6.56. The number of nitrogens with two attached hydrogens (primary N) is 1. The number of fused-ring (bicyclic) bond motifs is 1. The zero-order valence-corrected chi connectivity index (χ0v) is 17.5. The molecule has 1 aromatic carbocycles. The maximum absolute atomic E-state index is 12.9. The molecule has 0 aliphatic carbocycles. The van der Waals surface area contributed by atoms with Gasteiger partial charge >= 0.3 is 0 Å². The first-order chi connectivity index (χ1) is 13.9. The molecule has 1 atom stereocenters. The maximum atomic E-state index is 12.9. The Hall–Kier alpha value is -2.80. The zero-order chi connectivity index (χ0) is 20.5. The van der Waals surface area contributed by atoms with Crippen molar-refractivity contribution in [3.05, 3.63) is 57.2 Å². The van der Waals surface area contributed by atoms with E-state index in [1.165, 1.54) is 0 Å². The third-order valence-electron chi connectivity index (χ3n) is 5.49. The number of nitrogens with zero attached hydrogens (tertiary/aromatic N) is 3. The summed E-state index contributed by atoms with van der Waals surface area (Å²) < 4.78 is 0. The van der Waals surface area contributed by atoms with Crippen LogP contribution in [0.5, 0.6) is 0 Å². The van der Waals surface area contributed by atoms with Gasteiger partial charge < -0.3 is 10.6 Å². The van der Waals surface area contributed by atoms with Crippen LogP contribution in [-0.4, -0.2) is 39.8 Å². The molecule has 1 saturated heterocycles. The van der Waals surface area contributed by atoms with Gasteiger partial charge in [-0.15, -0.1) is 11.3 Å². The van der Waals surface area contributed by atoms with Gasteiger partial charge in [0.05, 0.1) is 33.9 Å². The quantitative estimate of drug-likeness (QED) is 0.717. The van der Waals surface area contributed by atoms with Crippen LogP contribution in [0.3, 0.4) is 0 Å². The monoisotopic (exact) mass is 408 g/mol. The van der Waals surface area contributed by atoms with Gasteiger partial charge in [0.25, 0.3) is 5.91 Å². The summed E-state index contributed by atoms with van der Waals surface area (Å²) in [5, 5.41) is 1.87. The molecule has 3 aromatic rings. The van der Waals surface area contributed by atoms with Gasteiger partial charge in [-0.25, -0.2) is 4.98 Å². The zero-order valence-electron chi connectivity index (χ0n) is 16.6. The lowest BCUT2D eigenvalue weighted by Gasteiger charge is -2.33. The van der Waals surface area contributed by atoms with Crippen molar-refractivity contribution in [2.24, 2.45) is 5.73 Å². The second-order valence-corrected chi connectivity index (χ2v) is 8.86. The standard InChI is InChI=1S/C22H24N4O2S/c1-13-19(29-14(2)24-13)11-20(27)26-9-5-7-16(12-26)21-17(22(23)28)10-15-6-3-4-8-18(15)25-21/h3-4,6,8,10,16H,5,7,9,11-12H2,1-2H3,(H2,23,28). The minimum atomic E-state index is -0.475. The smallest absolute Gasteiger partial charge is 0.250 e. The summed E-state index contributed by atoms with van der Waals surface area (Å²) in [6.07, 6.45) is 2.13. The lowest BCUT2D eigenvalue weighted by molar-refractivity contribution is -0.131. The molecule has 0 saturated carbocycles. The molecule has 150 valence electrons. The molecular formula is C22H24N4O2S. The fourth-order valence-corrected chi connectivity index (χ4v) is 4.98. The molecule has 1 aliphatic rings. The number of aryl methyl sites for hydroxylation is 2. The molecule has 6 nitrogen and oxygen atoms in total. The Kier molecular flexibility index (Phi) is 5.32. The average Bonchev–Trinajstić information content (AvgIpc) is 3.03. The number of carbonyl (C=O) groups excluding carboxylic acids is 2. The molecule has 2 aromatic heterocycles. The topological polar surface area (TPSA) is 89.2 Å². The van der Waals surface area contributed by atoms with Gasteiger partial charge in [0.1, 0.15) is 0 Å². The van der Waals surface area contributed by atoms with E-state index in [-0.39, 0.29) is 11.8 Å². The normalized spacial score (nSPS) is 16.9. The van der Waals surface area contributed by atoms with Gasteiger partial charge in [0.15, 0.2) is 0 Å². The summed E-state index contributed by atoms with van der Waals surface area (Å²) in [5.41, 5.74) is 8.60. The highest BCUT2D eigenvalue weighted by atomic mass is 32.1. The van der Waals surface area contributed by atoms with Crippen LogP contribution in [0.15, 0.2) is 30.3 Å². The maximum Gasteiger partial charge on any atom is 0.250 e. The highest BCUT2D eigenvalue weighted by molar-refractivity contribution is 7.11. The Morgan fingerprint density at radius 3 is 2.76 bits per heavy atom. The van der Waals surface area contributed by atoms with Crippen molar-refractivity contribution in [2.75, 3.05) is 13.1 Å². The second kappa shape index (κ2) is 7.91. The van der Waals surface area contributed by atoms with Crippen LogP contribution in [0, 0.1) is 13.8 Å². The highest BCUT2D eigenvalue weighted by Crippen LogP contribution is 2.30. The molecule has 7 heteroatoms. The molecular weight excluding hydrogens is 384 g/mol. The molecule has 29 heavy (non-hydrogen) atoms. The predicted octanol–water partition coefficient (Wildman–Crippen LogP) is 3.36. The summed E-state index contributed by atoms with van der Waals surface area (Å²) in [6.45, 7) is 5.19. The summed E-state index contributed by atoms with van der Waals surface area (Å²) in [7, 11) is 0. The largest absolute Gasteiger partial charge is 0.366 e. The van der Waals surface area contributed by atoms with Crippen LogP contribution < -0.4 is 5.73 Å². The van der Waals surface area contributed by atoms with E-state index in [4.69, 9.17) is 10.7 Å². The highest BCUT2D eigenvalue weighted by Gasteiger charge is 2.29. The van der Waals surface area contributed by atoms with Crippen molar-refractivity contribution >= 4 is 34.1 Å². The number of piperidine rings is 1. The SMILES string of the molecule is Cc1nc(C)c(CC(=O)N2CCCC(c3nc4ccccc4cc3C(N)=O)C2)s1. The van der Waals surface area contributed by atoms with E-state index >= 15 is 0 Å². The van der Waals surface area contributed by atoms with E-state index in [9.17, 15) is 9.59 Å². The molecule has 4 rings (SSSR count). The number of carbonyl (C=O) groups is 2. The first-order valence-electron chi connectivity index (χ1n) is 9.82. The molecule has 2 amide bonds. The molecule has 3 heterocycles. The van der Waals surface area contributed by atoms with Crippen molar-refractivity contribution in [2.45, 2.75) is 39.0 Å². The summed E-state index contributed by atoms with van der Waals surface area (Å²) in [4.78, 5) is 37.1. The number of para-hydroxylation sites is 1. The van der Waals surface area contributed by atoms with Crippen LogP contribution in [0.2, 0.25) is 0 Å². The van der Waals surface area contributed by atoms with Crippen molar-refractivity contribution in [1.29, 1.82) is 0 Å². The Bertz CT molecular complexity index is 1090. The number of hydrogen-bond acceptors (Lipinski definition) is 5. The molecule has 1 fully saturated rings. The Morgan fingerprint density at radius 2 is 2.03 bits per heavy atom. The molecule has 0 radical (unpaired) electrons. The Morgan fingerprint density at radius 1 is 1.24 bits per heavy atom. The Balaban J connectivity index is 1.59. The number of hydrogen-bond donors (Lipinski definition) is 1. The lowest BCUT2D eigenvalue weighted by Crippen LogP contribution is -2.40. The number of rotatable bonds is 4. The third kappa shape index (κ3) is 4.00. The summed E-state index contributed by atoms with van der Waals surface area (Å²) in [5.74, 6) is -0.371. The molecule has 2 N–H and O–H groups in total. The van der Waals surface area contributed by atoms with Crippen molar-refractivity contribution in [3.63, 3.8) is 0 Å². The fourth-order valence-electron chi connectivity index (χ4n) is 4.05. The first kappa shape index (κ1) is 19.5. The van der Waals surface area contributed by atoms with Gasteiger partial charge in [-0.1, -0.05) is 18.2 Å². The first-order valence-corrected chi connectivity index (χ1v) is 10.6. The molecule has 1 aliphatic heterocycles. The number of likely N-dealkylation sites (tertiary alicyclic amines) is 1. The van der Waals surface area contributed by atoms with E-state index in [2.05, 4.69) is 4.98 Å². The molecule has 0 bridgehead atoms. The number of amides is 2. The Labute approximate surface area is 173 Å². The van der Waals surface area contributed by atoms with E-state index < -0.39 is 5.91 Å². The summed E-state index contributed by atoms with van der Waals surface area (Å²) in [6, 6.07) is 9.53. The molecule has 0 spiro atoms. The van der Waals surface area contributed by atoms with Gasteiger partial charge in [-0.05, 0) is 38.8 Å². The fraction of sp³-hybridized carbons (Fsp3) is 0.364. The van der Waals surface area contributed by atoms with E-state index in [1.807, 2.05) is 49.1 Å². The minimum Gasteiger partial charge on any atom is -0.366 e. The lowest BCUT2D eigenvalue weighted by atomic mass is 9.90. The predicted molar refractivity (Wildman–Crippen MR) is 114 cm³/mol. The van der Waals surface area contributed by atoms with Crippen LogP contribution in [0.4, 0.5) is 0 Å². The van der Waals surface area contributed by atoms with Gasteiger partial charge in [-0.3, -0.25) is 14.6 Å². The second-order valence-electron chi connectivity index (χ2n) is 7.58. The van der Waals surface area contributed by atoms with Crippen molar-refractivity contribution in [3.8, 4) is 0 Å².